The molecular weight excluding hydrogens is 408 g/mol. The summed E-state index contributed by atoms with van der Waals surface area (Å²) in [5.74, 6) is 0.822. The Bertz CT molecular complexity index is 987. The summed E-state index contributed by atoms with van der Waals surface area (Å²) < 4.78 is 6.18. The van der Waals surface area contributed by atoms with Crippen LogP contribution in [0.4, 0.5) is 5.69 Å². The maximum Gasteiger partial charge on any atom is 0.249 e. The van der Waals surface area contributed by atoms with Gasteiger partial charge in [0, 0.05) is 6.42 Å². The van der Waals surface area contributed by atoms with E-state index in [2.05, 4.69) is 21.6 Å². The zero-order valence-electron chi connectivity index (χ0n) is 17.9. The summed E-state index contributed by atoms with van der Waals surface area (Å²) in [6.45, 7) is 1.93. The van der Waals surface area contributed by atoms with E-state index in [1.165, 1.54) is 0 Å². The van der Waals surface area contributed by atoms with Crippen molar-refractivity contribution in [2.45, 2.75) is 37.6 Å². The predicted octanol–water partition coefficient (Wildman–Crippen LogP) is 2.36. The average Bonchev–Trinajstić information content (AvgIpc) is 2.77. The molecule has 2 aliphatic heterocycles. The first-order chi connectivity index (χ1) is 15.5. The van der Waals surface area contributed by atoms with Crippen LogP contribution < -0.4 is 21.1 Å². The van der Waals surface area contributed by atoms with Crippen molar-refractivity contribution in [1.82, 2.24) is 10.2 Å². The Morgan fingerprint density at radius 2 is 1.84 bits per heavy atom. The summed E-state index contributed by atoms with van der Waals surface area (Å²) in [5.41, 5.74) is 7.18. The fourth-order valence-electron chi connectivity index (χ4n) is 4.28. The van der Waals surface area contributed by atoms with E-state index < -0.39 is 6.04 Å². The minimum absolute atomic E-state index is 0.244. The third-order valence-corrected chi connectivity index (χ3v) is 5.98. The molecule has 2 aromatic carbocycles. The summed E-state index contributed by atoms with van der Waals surface area (Å²) in [6.07, 6.45) is 2.60. The lowest BCUT2D eigenvalue weighted by Gasteiger charge is -2.31. The van der Waals surface area contributed by atoms with Gasteiger partial charge in [-0.2, -0.15) is 0 Å². The molecule has 0 aromatic heterocycles. The molecule has 0 aliphatic carbocycles. The van der Waals surface area contributed by atoms with E-state index in [0.29, 0.717) is 42.5 Å². The van der Waals surface area contributed by atoms with Gasteiger partial charge in [0.1, 0.15) is 11.8 Å². The van der Waals surface area contributed by atoms with Gasteiger partial charge in [0.25, 0.3) is 0 Å². The van der Waals surface area contributed by atoms with Crippen LogP contribution >= 0.6 is 0 Å². The number of primary amides is 1. The lowest BCUT2D eigenvalue weighted by molar-refractivity contribution is -0.133. The summed E-state index contributed by atoms with van der Waals surface area (Å²) in [6, 6.07) is 15.0. The van der Waals surface area contributed by atoms with Crippen molar-refractivity contribution in [1.29, 1.82) is 0 Å². The molecule has 2 fully saturated rings. The number of rotatable bonds is 7. The number of carbonyl (C=O) groups excluding carboxylic acids is 3. The van der Waals surface area contributed by atoms with Crippen molar-refractivity contribution in [2.24, 2.45) is 5.73 Å². The molecule has 8 heteroatoms. The molecule has 2 aliphatic rings. The average molecular weight is 437 g/mol. The first-order valence-electron chi connectivity index (χ1n) is 11.0. The number of nitrogens with two attached hydrogens (primary N) is 1. The molecule has 2 heterocycles. The Labute approximate surface area is 187 Å². The van der Waals surface area contributed by atoms with Crippen LogP contribution in [0.5, 0.6) is 11.5 Å². The highest BCUT2D eigenvalue weighted by Gasteiger charge is 2.28. The first-order valence-corrected chi connectivity index (χ1v) is 11.0. The third kappa shape index (κ3) is 5.45. The molecule has 8 nitrogen and oxygen atoms in total. The molecule has 3 amide bonds. The molecule has 0 radical (unpaired) electrons. The van der Waals surface area contributed by atoms with E-state index in [1.807, 2.05) is 42.5 Å². The van der Waals surface area contributed by atoms with E-state index in [4.69, 9.17) is 10.5 Å². The van der Waals surface area contributed by atoms with Crippen molar-refractivity contribution in [3.05, 3.63) is 54.1 Å². The van der Waals surface area contributed by atoms with Gasteiger partial charge in [0.05, 0.1) is 12.2 Å². The molecule has 168 valence electrons. The van der Waals surface area contributed by atoms with Crippen LogP contribution in [-0.4, -0.2) is 48.3 Å². The number of likely N-dealkylation sites (tertiary alicyclic amines) is 1. The Morgan fingerprint density at radius 3 is 2.53 bits per heavy atom. The van der Waals surface area contributed by atoms with Crippen molar-refractivity contribution >= 4 is 23.4 Å². The summed E-state index contributed by atoms with van der Waals surface area (Å²) in [7, 11) is 0. The van der Waals surface area contributed by atoms with Crippen molar-refractivity contribution < 1.29 is 19.1 Å². The summed E-state index contributed by atoms with van der Waals surface area (Å²) in [4.78, 5) is 37.0. The number of anilines is 1. The lowest BCUT2D eigenvalue weighted by atomic mass is 9.89. The largest absolute Gasteiger partial charge is 0.455 e. The van der Waals surface area contributed by atoms with Gasteiger partial charge in [-0.1, -0.05) is 24.3 Å². The molecule has 1 atom stereocenters. The number of nitrogens with zero attached hydrogens (tertiary/aromatic N) is 1. The highest BCUT2D eigenvalue weighted by molar-refractivity contribution is 6.01. The number of hydrogen-bond donors (Lipinski definition) is 3. The van der Waals surface area contributed by atoms with Crippen molar-refractivity contribution in [3.8, 4) is 11.5 Å². The molecule has 2 saturated heterocycles. The van der Waals surface area contributed by atoms with Crippen LogP contribution in [0.1, 0.15) is 37.2 Å². The topological polar surface area (TPSA) is 114 Å². The lowest BCUT2D eigenvalue weighted by Crippen LogP contribution is -2.47. The molecule has 0 spiro atoms. The minimum atomic E-state index is -0.492. The molecule has 2 aromatic rings. The van der Waals surface area contributed by atoms with Gasteiger partial charge in [-0.15, -0.1) is 0 Å². The Hall–Kier alpha value is -3.39. The van der Waals surface area contributed by atoms with Gasteiger partial charge < -0.3 is 15.8 Å². The van der Waals surface area contributed by atoms with Crippen LogP contribution in [0.25, 0.3) is 0 Å². The van der Waals surface area contributed by atoms with Crippen LogP contribution in [0.15, 0.2) is 48.5 Å². The van der Waals surface area contributed by atoms with Gasteiger partial charge >= 0.3 is 0 Å². The number of piperidine rings is 2. The molecule has 32 heavy (non-hydrogen) atoms. The highest BCUT2D eigenvalue weighted by atomic mass is 16.5. The third-order valence-electron chi connectivity index (χ3n) is 5.98. The van der Waals surface area contributed by atoms with Crippen LogP contribution in [0, 0.1) is 0 Å². The molecular formula is C24H28N4O4. The number of nitrogens with one attached hydrogen (secondary N) is 2. The van der Waals surface area contributed by atoms with E-state index >= 15 is 0 Å². The quantitative estimate of drug-likeness (QED) is 0.574. The number of carbonyl (C=O) groups is 3. The minimum Gasteiger partial charge on any atom is -0.455 e. The van der Waals surface area contributed by atoms with Gasteiger partial charge in [-0.3, -0.25) is 24.6 Å². The van der Waals surface area contributed by atoms with Gasteiger partial charge in [-0.25, -0.2) is 0 Å². The second-order valence-electron chi connectivity index (χ2n) is 8.34. The van der Waals surface area contributed by atoms with Crippen LogP contribution in [0.2, 0.25) is 0 Å². The number of ether oxygens (including phenoxy) is 1. The molecule has 4 rings (SSSR count). The Balaban J connectivity index is 1.53. The van der Waals surface area contributed by atoms with Crippen molar-refractivity contribution in [3.63, 3.8) is 0 Å². The fraction of sp³-hybridized carbons (Fsp3) is 0.375. The summed E-state index contributed by atoms with van der Waals surface area (Å²) in [5, 5.41) is 5.63. The number of para-hydroxylation sites is 1. The SMILES string of the molecule is NC(=O)CN1CCC(c2ccc(NC3CCC(=O)NC3=O)c(Oc3ccccc3)c2)CC1. The second kappa shape index (κ2) is 9.82. The van der Waals surface area contributed by atoms with E-state index in [9.17, 15) is 14.4 Å². The molecule has 0 bridgehead atoms. The van der Waals surface area contributed by atoms with E-state index in [0.717, 1.165) is 31.5 Å². The van der Waals surface area contributed by atoms with Crippen LogP contribution in [-0.2, 0) is 14.4 Å². The zero-order chi connectivity index (χ0) is 22.5. The van der Waals surface area contributed by atoms with E-state index in [-0.39, 0.29) is 17.7 Å². The summed E-state index contributed by atoms with van der Waals surface area (Å²) >= 11 is 0. The predicted molar refractivity (Wildman–Crippen MR) is 120 cm³/mol. The van der Waals surface area contributed by atoms with Gasteiger partial charge in [-0.05, 0) is 68.1 Å². The molecule has 1 unspecified atom stereocenters. The van der Waals surface area contributed by atoms with Crippen molar-refractivity contribution in [2.75, 3.05) is 25.0 Å². The van der Waals surface area contributed by atoms with Crippen LogP contribution in [0.3, 0.4) is 0 Å². The molecule has 4 N–H and O–H groups in total. The second-order valence-corrected chi connectivity index (χ2v) is 8.34. The smallest absolute Gasteiger partial charge is 0.249 e. The molecule has 0 saturated carbocycles. The van der Waals surface area contributed by atoms with Gasteiger partial charge in [0.2, 0.25) is 17.7 Å². The first kappa shape index (κ1) is 21.8. The van der Waals surface area contributed by atoms with E-state index in [1.54, 1.807) is 0 Å². The normalized spacial score (nSPS) is 19.9. The standard InChI is InChI=1S/C24H28N4O4/c25-22(29)15-28-12-10-16(11-13-28)17-6-7-19(26-20-8-9-23(30)27-24(20)31)21(14-17)32-18-4-2-1-3-5-18/h1-7,14,16,20,26H,8-13,15H2,(H2,25,29)(H,27,30,31). The maximum atomic E-state index is 12.2. The maximum absolute atomic E-state index is 12.2. The number of benzene rings is 2. The Kier molecular flexibility index (Phi) is 6.70. The zero-order valence-corrected chi connectivity index (χ0v) is 17.9. The Morgan fingerprint density at radius 1 is 1.09 bits per heavy atom. The number of imide groups is 1. The van der Waals surface area contributed by atoms with Gasteiger partial charge in [0.15, 0.2) is 5.75 Å². The number of hydrogen-bond acceptors (Lipinski definition) is 6. The number of amides is 3. The highest BCUT2D eigenvalue weighted by Crippen LogP contribution is 2.36. The monoisotopic (exact) mass is 436 g/mol. The fourth-order valence-corrected chi connectivity index (χ4v) is 4.28.